The first kappa shape index (κ1) is 62.6. The number of amides is 1. The van der Waals surface area contributed by atoms with Gasteiger partial charge in [-0.05, 0) is 44.9 Å². The summed E-state index contributed by atoms with van der Waals surface area (Å²) in [5.74, 6) is -0.614. The van der Waals surface area contributed by atoms with Crippen molar-refractivity contribution >= 4 is 5.91 Å². The van der Waals surface area contributed by atoms with Gasteiger partial charge in [0.1, 0.15) is 30.5 Å². The minimum absolute atomic E-state index is 0.303. The number of carbonyl (C=O) groups excluding carboxylic acids is 1. The number of allylic oxidation sites excluding steroid dienone is 3. The van der Waals surface area contributed by atoms with Gasteiger partial charge in [-0.3, -0.25) is 4.79 Å². The zero-order chi connectivity index (χ0) is 48.1. The van der Waals surface area contributed by atoms with Crippen LogP contribution in [0.3, 0.4) is 0 Å². The maximum Gasteiger partial charge on any atom is 0.249 e. The molecule has 0 bridgehead atoms. The van der Waals surface area contributed by atoms with E-state index in [0.717, 1.165) is 44.9 Å². The predicted molar refractivity (Wildman–Crippen MR) is 273 cm³/mol. The van der Waals surface area contributed by atoms with Crippen LogP contribution in [0, 0.1) is 0 Å². The maximum absolute atomic E-state index is 13.1. The minimum Gasteiger partial charge on any atom is -0.394 e. The van der Waals surface area contributed by atoms with Crippen molar-refractivity contribution in [1.82, 2.24) is 5.32 Å². The van der Waals surface area contributed by atoms with Crippen molar-refractivity contribution in [2.75, 3.05) is 13.2 Å². The molecule has 1 fully saturated rings. The average molecular weight is 938 g/mol. The quantitative estimate of drug-likeness (QED) is 0.0232. The van der Waals surface area contributed by atoms with Crippen LogP contribution in [0.15, 0.2) is 24.3 Å². The molecule has 1 aliphatic rings. The summed E-state index contributed by atoms with van der Waals surface area (Å²) in [5, 5.41) is 64.8. The Morgan fingerprint density at radius 2 is 0.879 bits per heavy atom. The number of unbranched alkanes of at least 4 members (excludes halogenated alkanes) is 35. The molecule has 1 rings (SSSR count). The van der Waals surface area contributed by atoms with Gasteiger partial charge >= 0.3 is 0 Å². The van der Waals surface area contributed by atoms with E-state index in [0.29, 0.717) is 6.42 Å². The number of carbonyl (C=O) groups is 1. The van der Waals surface area contributed by atoms with Crippen LogP contribution in [0.25, 0.3) is 0 Å². The van der Waals surface area contributed by atoms with Crippen molar-refractivity contribution in [3.63, 3.8) is 0 Å². The molecule has 1 saturated heterocycles. The molecule has 0 spiro atoms. The Hall–Kier alpha value is -1.37. The molecule has 1 amide bonds. The molecule has 1 aliphatic heterocycles. The number of hydrogen-bond acceptors (Lipinski definition) is 9. The van der Waals surface area contributed by atoms with Gasteiger partial charge in [0.25, 0.3) is 0 Å². The topological polar surface area (TPSA) is 169 Å². The van der Waals surface area contributed by atoms with E-state index < -0.39 is 61.5 Å². The SMILES string of the molecule is CCCCCCCCCCCC/C=C/C(O)C(COC1OC(CO)C(O)C(O)C1O)NC(=O)C(O)CCCCCCCCCCCCCCC/C=C\CCCCCCCCCCCCCC. The molecule has 0 radical (unpaired) electrons. The first-order valence-electron chi connectivity index (χ1n) is 28.2. The van der Waals surface area contributed by atoms with Gasteiger partial charge < -0.3 is 45.4 Å². The summed E-state index contributed by atoms with van der Waals surface area (Å²) in [5.41, 5.74) is 0. The van der Waals surface area contributed by atoms with Crippen LogP contribution in [0.1, 0.15) is 264 Å². The molecule has 8 atom stereocenters. The summed E-state index contributed by atoms with van der Waals surface area (Å²) < 4.78 is 11.2. The molecule has 0 saturated carbocycles. The van der Waals surface area contributed by atoms with Crippen LogP contribution in [-0.4, -0.2) is 98.7 Å². The Morgan fingerprint density at radius 3 is 1.27 bits per heavy atom. The van der Waals surface area contributed by atoms with E-state index in [9.17, 15) is 35.4 Å². The Labute approximate surface area is 405 Å². The zero-order valence-electron chi connectivity index (χ0n) is 42.8. The van der Waals surface area contributed by atoms with Crippen LogP contribution in [0.5, 0.6) is 0 Å². The van der Waals surface area contributed by atoms with Crippen molar-refractivity contribution in [3.8, 4) is 0 Å². The third kappa shape index (κ3) is 34.8. The first-order valence-corrected chi connectivity index (χ1v) is 28.2. The van der Waals surface area contributed by atoms with Gasteiger partial charge in [0.15, 0.2) is 6.29 Å². The Bertz CT molecular complexity index is 1110. The predicted octanol–water partition coefficient (Wildman–Crippen LogP) is 12.4. The van der Waals surface area contributed by atoms with Crippen LogP contribution >= 0.6 is 0 Å². The summed E-state index contributed by atoms with van der Waals surface area (Å²) in [6.07, 6.45) is 47.2. The highest BCUT2D eigenvalue weighted by molar-refractivity contribution is 5.80. The lowest BCUT2D eigenvalue weighted by Gasteiger charge is -2.40. The number of rotatable bonds is 48. The van der Waals surface area contributed by atoms with Gasteiger partial charge in [-0.1, -0.05) is 244 Å². The van der Waals surface area contributed by atoms with Gasteiger partial charge in [-0.25, -0.2) is 0 Å². The molecule has 0 aliphatic carbocycles. The van der Waals surface area contributed by atoms with Gasteiger partial charge in [0.2, 0.25) is 5.91 Å². The molecule has 390 valence electrons. The average Bonchev–Trinajstić information content (AvgIpc) is 3.32. The Kier molecular flexibility index (Phi) is 43.7. The maximum atomic E-state index is 13.1. The summed E-state index contributed by atoms with van der Waals surface area (Å²) in [4.78, 5) is 13.1. The van der Waals surface area contributed by atoms with Gasteiger partial charge in [0.05, 0.1) is 25.4 Å². The largest absolute Gasteiger partial charge is 0.394 e. The first-order chi connectivity index (χ1) is 32.3. The molecule has 10 heteroatoms. The number of hydrogen-bond donors (Lipinski definition) is 7. The normalized spacial score (nSPS) is 20.4. The fourth-order valence-electron chi connectivity index (χ4n) is 9.04. The smallest absolute Gasteiger partial charge is 0.249 e. The zero-order valence-corrected chi connectivity index (χ0v) is 42.8. The van der Waals surface area contributed by atoms with Gasteiger partial charge in [-0.2, -0.15) is 0 Å². The fourth-order valence-corrected chi connectivity index (χ4v) is 9.04. The van der Waals surface area contributed by atoms with Crippen molar-refractivity contribution in [2.24, 2.45) is 0 Å². The molecule has 7 N–H and O–H groups in total. The summed E-state index contributed by atoms with van der Waals surface area (Å²) in [6.45, 7) is 3.62. The van der Waals surface area contributed by atoms with Crippen molar-refractivity contribution in [2.45, 2.75) is 313 Å². The number of ether oxygens (including phenoxy) is 2. The Morgan fingerprint density at radius 1 is 0.515 bits per heavy atom. The van der Waals surface area contributed by atoms with Crippen LogP contribution in [0.2, 0.25) is 0 Å². The third-order valence-electron chi connectivity index (χ3n) is 13.6. The lowest BCUT2D eigenvalue weighted by atomic mass is 9.99. The second-order valence-corrected chi connectivity index (χ2v) is 19.9. The number of nitrogens with one attached hydrogen (secondary N) is 1. The van der Waals surface area contributed by atoms with E-state index in [1.807, 2.05) is 6.08 Å². The molecule has 0 aromatic rings. The standard InChI is InChI=1S/C56H107NO9/c1-3-5-7-9-11-13-15-17-18-19-20-21-22-23-24-25-26-27-28-29-30-31-32-33-35-37-39-41-43-45-50(60)55(64)57-48(47-65-56-54(63)53(62)52(61)51(46-58)66-56)49(59)44-42-40-38-36-34-16-14-12-10-8-6-4-2/h23-24,42,44,48-54,56,58-63H,3-22,25-41,43,45-47H2,1-2H3,(H,57,64)/b24-23-,44-42+. The summed E-state index contributed by atoms with van der Waals surface area (Å²) >= 11 is 0. The van der Waals surface area contributed by atoms with Crippen LogP contribution in [-0.2, 0) is 14.3 Å². The lowest BCUT2D eigenvalue weighted by Crippen LogP contribution is -2.60. The second kappa shape index (κ2) is 46.0. The molecule has 0 aromatic heterocycles. The van der Waals surface area contributed by atoms with E-state index in [2.05, 4.69) is 31.3 Å². The molecule has 10 nitrogen and oxygen atoms in total. The van der Waals surface area contributed by atoms with Crippen molar-refractivity contribution in [1.29, 1.82) is 0 Å². The molecular formula is C56H107NO9. The van der Waals surface area contributed by atoms with E-state index in [4.69, 9.17) is 9.47 Å². The minimum atomic E-state index is -1.61. The van der Waals surface area contributed by atoms with Crippen molar-refractivity contribution in [3.05, 3.63) is 24.3 Å². The van der Waals surface area contributed by atoms with E-state index >= 15 is 0 Å². The highest BCUT2D eigenvalue weighted by atomic mass is 16.7. The molecular weight excluding hydrogens is 831 g/mol. The fraction of sp³-hybridized carbons (Fsp3) is 0.911. The summed E-state index contributed by atoms with van der Waals surface area (Å²) in [6, 6.07) is -0.977. The highest BCUT2D eigenvalue weighted by Gasteiger charge is 2.44. The molecule has 1 heterocycles. The molecule has 0 aromatic carbocycles. The van der Waals surface area contributed by atoms with E-state index in [-0.39, 0.29) is 6.61 Å². The van der Waals surface area contributed by atoms with E-state index in [1.54, 1.807) is 6.08 Å². The monoisotopic (exact) mass is 938 g/mol. The van der Waals surface area contributed by atoms with Gasteiger partial charge in [0, 0.05) is 0 Å². The van der Waals surface area contributed by atoms with Crippen LogP contribution < -0.4 is 5.32 Å². The number of aliphatic hydroxyl groups excluding tert-OH is 6. The van der Waals surface area contributed by atoms with Crippen molar-refractivity contribution < 1.29 is 44.9 Å². The second-order valence-electron chi connectivity index (χ2n) is 19.9. The summed E-state index contributed by atoms with van der Waals surface area (Å²) in [7, 11) is 0. The lowest BCUT2D eigenvalue weighted by molar-refractivity contribution is -0.302. The van der Waals surface area contributed by atoms with Crippen LogP contribution in [0.4, 0.5) is 0 Å². The van der Waals surface area contributed by atoms with E-state index in [1.165, 1.54) is 199 Å². The highest BCUT2D eigenvalue weighted by Crippen LogP contribution is 2.23. The Balaban J connectivity index is 2.19. The molecule has 66 heavy (non-hydrogen) atoms. The number of aliphatic hydroxyl groups is 6. The molecule has 8 unspecified atom stereocenters. The van der Waals surface area contributed by atoms with Gasteiger partial charge in [-0.15, -0.1) is 0 Å². The third-order valence-corrected chi connectivity index (χ3v) is 13.6.